The minimum absolute atomic E-state index is 0.0333. The molecule has 128 heavy (non-hydrogen) atoms. The van der Waals surface area contributed by atoms with Gasteiger partial charge in [0.1, 0.15) is 39.0 Å². The molecule has 0 radical (unpaired) electrons. The Morgan fingerprint density at radius 2 is 0.438 bits per heavy atom. The van der Waals surface area contributed by atoms with Gasteiger partial charge in [-0.05, 0) is 252 Å². The number of benzene rings is 7. The first-order valence-corrected chi connectivity index (χ1v) is 39.8. The summed E-state index contributed by atoms with van der Waals surface area (Å²) in [4.78, 5) is 40.7. The largest absolute Gasteiger partial charge is 0.441 e. The molecule has 7 aromatic carbocycles. The summed E-state index contributed by atoms with van der Waals surface area (Å²) in [6, 6.07) is 34.1. The minimum atomic E-state index is -4.90. The summed E-state index contributed by atoms with van der Waals surface area (Å²) in [5, 5.41) is 19.7. The van der Waals surface area contributed by atoms with E-state index < -0.39 is 89.8 Å². The molecule has 0 unspecified atom stereocenters. The van der Waals surface area contributed by atoms with Crippen LogP contribution in [0.15, 0.2) is 109 Å². The molecule has 0 saturated carbocycles. The number of hydrogen-bond acceptors (Lipinski definition) is 15. The van der Waals surface area contributed by atoms with Gasteiger partial charge in [0.25, 0.3) is 52.3 Å². The molecule has 0 bridgehead atoms. The number of alkyl halides is 9. The second-order valence-corrected chi connectivity index (χ2v) is 31.8. The van der Waals surface area contributed by atoms with Gasteiger partial charge < -0.3 is 0 Å². The maximum absolute atomic E-state index is 13.8. The van der Waals surface area contributed by atoms with E-state index in [9.17, 15) is 57.1 Å². The summed E-state index contributed by atoms with van der Waals surface area (Å²) in [6.07, 6.45) is -14.1. The number of aryl methyl sites for hydroxylation is 19. The lowest BCUT2D eigenvalue weighted by atomic mass is 9.96. The van der Waals surface area contributed by atoms with Crippen molar-refractivity contribution in [3.63, 3.8) is 0 Å². The highest BCUT2D eigenvalue weighted by atomic mass is 19.4. The fraction of sp³-hybridized carbons (Fsp3) is 0.284. The van der Waals surface area contributed by atoms with E-state index in [1.54, 1.807) is 69.9 Å². The van der Waals surface area contributed by atoms with Gasteiger partial charge in [-0.1, -0.05) is 106 Å². The fourth-order valence-electron chi connectivity index (χ4n) is 15.6. The van der Waals surface area contributed by atoms with Gasteiger partial charge >= 0.3 is 18.5 Å². The first-order chi connectivity index (χ1) is 62.3. The average Bonchev–Trinajstić information content (AvgIpc) is 0.760. The Morgan fingerprint density at radius 1 is 0.242 bits per heavy atom. The van der Waals surface area contributed by atoms with Crippen molar-refractivity contribution in [2.75, 3.05) is 0 Å². The lowest BCUT2D eigenvalue weighted by molar-refractivity contribution is -0.720. The van der Waals surface area contributed by atoms with Crippen LogP contribution in [0.3, 0.4) is 0 Å². The van der Waals surface area contributed by atoms with Crippen LogP contribution in [0.4, 0.5) is 57.1 Å². The number of hydrogen-bond donors (Lipinski definition) is 0. The Labute approximate surface area is 735 Å². The van der Waals surface area contributed by atoms with Crippen LogP contribution in [-0.4, -0.2) is 75.3 Å². The molecule has 0 amide bonds. The monoisotopic (exact) mass is 1760 g/mol. The maximum atomic E-state index is 13.8. The summed E-state index contributed by atoms with van der Waals surface area (Å²) in [5.41, 5.74) is 19.8. The van der Waals surface area contributed by atoms with Gasteiger partial charge in [-0.25, -0.2) is 49.8 Å². The normalized spacial score (nSPS) is 12.7. The van der Waals surface area contributed by atoms with E-state index in [0.717, 1.165) is 116 Å². The van der Waals surface area contributed by atoms with Crippen molar-refractivity contribution in [2.24, 2.45) is 35.2 Å². The van der Waals surface area contributed by atoms with E-state index >= 15 is 0 Å². The van der Waals surface area contributed by atoms with E-state index in [1.807, 2.05) is 150 Å². The Balaban J connectivity index is 0.000000142. The van der Waals surface area contributed by atoms with Gasteiger partial charge in [0.05, 0.1) is 61.3 Å². The quantitative estimate of drug-likeness (QED) is 0.0890. The molecular weight excluding hydrogens is 1670 g/mol. The Morgan fingerprint density at radius 3 is 0.719 bits per heavy atom. The van der Waals surface area contributed by atoms with Crippen LogP contribution in [0.1, 0.15) is 132 Å². The van der Waals surface area contributed by atoms with Crippen LogP contribution in [0.25, 0.3) is 134 Å². The zero-order valence-electron chi connectivity index (χ0n) is 79.8. The summed E-state index contributed by atoms with van der Waals surface area (Å²) in [6.45, 7) is 27.5. The Kier molecular flexibility index (Phi) is 22.8. The van der Waals surface area contributed by atoms with Crippen molar-refractivity contribution < 1.29 is 88.7 Å². The molecule has 10 heterocycles. The smallest absolute Gasteiger partial charge is 0.247 e. The minimum Gasteiger partial charge on any atom is -0.247 e. The molecule has 17 aromatic rings. The summed E-state index contributed by atoms with van der Waals surface area (Å²) >= 11 is 0. The molecule has 0 aliphatic rings. The molecule has 33 heteroatoms. The third kappa shape index (κ3) is 17.9. The number of halogens is 13. The van der Waals surface area contributed by atoms with Crippen LogP contribution < -0.4 is 23.4 Å². The van der Waals surface area contributed by atoms with Crippen molar-refractivity contribution in [1.82, 2.24) is 75.3 Å². The molecule has 0 atom stereocenters. The van der Waals surface area contributed by atoms with Crippen molar-refractivity contribution in [2.45, 2.75) is 150 Å². The molecule has 0 aliphatic carbocycles. The molecule has 20 nitrogen and oxygen atoms in total. The Hall–Kier alpha value is -13.8. The maximum Gasteiger partial charge on any atom is 0.441 e. The predicted molar refractivity (Wildman–Crippen MR) is 460 cm³/mol. The van der Waals surface area contributed by atoms with E-state index in [1.165, 1.54) is 35.2 Å². The molecule has 0 spiro atoms. The molecule has 0 saturated heterocycles. The van der Waals surface area contributed by atoms with E-state index in [0.29, 0.717) is 67.2 Å². The van der Waals surface area contributed by atoms with Crippen molar-refractivity contribution in [3.8, 4) is 56.3 Å². The van der Waals surface area contributed by atoms with Crippen LogP contribution >= 0.6 is 0 Å². The predicted octanol–water partition coefficient (Wildman–Crippen LogP) is 19.4. The Bertz CT molecular complexity index is 7130. The second kappa shape index (κ2) is 34.9. The first kappa shape index (κ1) is 83.8. The zero-order valence-corrected chi connectivity index (χ0v) is 73.8. The van der Waals surface area contributed by atoms with Crippen LogP contribution in [-0.2, 0) is 53.8 Å². The highest BCUT2D eigenvalue weighted by Crippen LogP contribution is 2.42. The second-order valence-electron chi connectivity index (χ2n) is 31.8. The topological polar surface area (TPSA) is 213 Å². The zero-order chi connectivity index (χ0) is 98.6. The standard InChI is InChI=1S/C21H18F3N4.C21H21N4.C19H20F3N4.C17H14F5N4.C17H17F2N4/c1-11-9-12(2)13(3)14(10-11)19-17-18(20(21(22,23)24)27-28(19)4)26-16-8-6-5-7-15(16)25-17;1-12-10-13(2)14(3)16(11-12)21-20-19(15(4)24-25(21)5)22-17-8-6-7-9-18(17)23-20;1-9-7-10(2)11(3)14(8-9)17-15-16(24-13(5)12(4)23-15)18(19(20,21)22)25-26(17)6;1-7-5-8(2)9(3)10(6-7)13-11-12(24-16(19)15(18)23-11)14(17(20,21)22)25-26(13)4;1-8-6-9(2)10(3)12(7-8)15-14-13(11(4)22-23(15)5)20-16(18)17(19)21-14/h5-10H,1-4H3;6-11H,1-5H3;7-8H,1-6H3;5-6H,1-4H3;6-7H,1-5H3/q5*+1/i;4D3;;;4D3. The van der Waals surface area contributed by atoms with E-state index in [4.69, 9.17) is 13.2 Å². The number of rotatable bonds is 5. The third-order valence-electron chi connectivity index (χ3n) is 22.3. The van der Waals surface area contributed by atoms with Crippen molar-refractivity contribution in [3.05, 3.63) is 256 Å². The lowest BCUT2D eigenvalue weighted by Gasteiger charge is -2.13. The van der Waals surface area contributed by atoms with E-state index in [2.05, 4.69) is 96.3 Å². The number of aromatic nitrogens is 20. The highest BCUT2D eigenvalue weighted by Gasteiger charge is 2.45. The lowest BCUT2D eigenvalue weighted by Crippen LogP contribution is -2.39. The molecular formula is C95H90F13N20+5. The average molecular weight is 1760 g/mol. The molecule has 10 aromatic heterocycles. The molecule has 656 valence electrons. The van der Waals surface area contributed by atoms with Crippen LogP contribution in [0.2, 0.25) is 0 Å². The van der Waals surface area contributed by atoms with Crippen molar-refractivity contribution >= 4 is 77.2 Å². The van der Waals surface area contributed by atoms with Gasteiger partial charge in [0.2, 0.25) is 17.1 Å². The SMILES string of the molecule is Cc1cc(C)c(C)c(-c2c3nc(C)c(C)nc3c(C(F)(F)F)n[n+]2C)c1.Cc1cc(C)c(C)c(-c2c3nc(F)c(F)nc3c(C(F)(F)F)n[n+]2C)c1.Cc1cc(C)c(C)c(-c2c3nc4ccccc4nc3c(C(F)(F)F)n[n+]2C)c1.[2H]C([2H])([2H])c1n[n+](C)c(-c2cc(C)cc(C)c2C)c2nc(F)c(F)nc12.[2H]C([2H])([2H])c1n[n+](C)c(-c2cc(C)cc(C)c2C)c2nc3ccccc3nc12. The van der Waals surface area contributed by atoms with Gasteiger partial charge in [0, 0.05) is 23.5 Å². The molecule has 0 N–H and O–H groups in total. The van der Waals surface area contributed by atoms with Crippen LogP contribution in [0, 0.1) is 155 Å². The molecule has 17 rings (SSSR count). The number of nitrogens with zero attached hydrogens (tertiary/aromatic N) is 20. The van der Waals surface area contributed by atoms with Gasteiger partial charge in [-0.3, -0.25) is 0 Å². The summed E-state index contributed by atoms with van der Waals surface area (Å²) in [7, 11) is 7.63. The van der Waals surface area contributed by atoms with Gasteiger partial charge in [-0.2, -0.15) is 57.1 Å². The molecule has 0 aliphatic heterocycles. The summed E-state index contributed by atoms with van der Waals surface area (Å²) in [5.74, 6) is -6.12. The number of para-hydroxylation sites is 4. The molecule has 0 fully saturated rings. The third-order valence-corrected chi connectivity index (χ3v) is 22.3. The summed E-state index contributed by atoms with van der Waals surface area (Å²) < 4.78 is 230. The van der Waals surface area contributed by atoms with Crippen molar-refractivity contribution in [1.29, 1.82) is 0 Å². The highest BCUT2D eigenvalue weighted by molar-refractivity contribution is 5.97. The number of fused-ring (bicyclic) bond motifs is 7. The van der Waals surface area contributed by atoms with E-state index in [-0.39, 0.29) is 44.5 Å². The van der Waals surface area contributed by atoms with Gasteiger partial charge in [-0.15, -0.1) is 0 Å². The van der Waals surface area contributed by atoms with Gasteiger partial charge in [0.15, 0.2) is 62.8 Å². The first-order valence-electron chi connectivity index (χ1n) is 42.8. The van der Waals surface area contributed by atoms with Crippen LogP contribution in [0.5, 0.6) is 0 Å². The fourth-order valence-corrected chi connectivity index (χ4v) is 15.6.